The second-order valence-corrected chi connectivity index (χ2v) is 4.94. The van der Waals surface area contributed by atoms with E-state index in [2.05, 4.69) is 20.7 Å². The summed E-state index contributed by atoms with van der Waals surface area (Å²) in [6.45, 7) is 1.93. The normalized spacial score (nSPS) is 16.5. The van der Waals surface area contributed by atoms with Crippen molar-refractivity contribution in [3.63, 3.8) is 0 Å². The maximum Gasteiger partial charge on any atom is 0.224 e. The number of aromatic nitrogens is 3. The summed E-state index contributed by atoms with van der Waals surface area (Å²) in [6.07, 6.45) is 6.78. The molecule has 1 unspecified atom stereocenters. The van der Waals surface area contributed by atoms with Crippen LogP contribution in [0.1, 0.15) is 12.8 Å². The molecule has 2 N–H and O–H groups in total. The summed E-state index contributed by atoms with van der Waals surface area (Å²) in [5.41, 5.74) is 0.687. The molecule has 0 aliphatic carbocycles. The zero-order chi connectivity index (χ0) is 13.8. The molecule has 0 bridgehead atoms. The Hall–Kier alpha value is -1.63. The highest BCUT2D eigenvalue weighted by atomic mass is 35.5. The highest BCUT2D eigenvalue weighted by Crippen LogP contribution is 2.18. The summed E-state index contributed by atoms with van der Waals surface area (Å²) in [7, 11) is 0. The molecule has 8 heteroatoms. The fourth-order valence-electron chi connectivity index (χ4n) is 2.42. The number of amides is 1. The molecule has 0 spiro atoms. The monoisotopic (exact) mass is 343 g/mol. The second-order valence-electron chi connectivity index (χ2n) is 4.94. The minimum atomic E-state index is 0. The minimum Gasteiger partial charge on any atom is -0.323 e. The van der Waals surface area contributed by atoms with Crippen LogP contribution < -0.4 is 10.6 Å². The van der Waals surface area contributed by atoms with Crippen LogP contribution in [0.5, 0.6) is 0 Å². The third-order valence-electron chi connectivity index (χ3n) is 3.42. The Morgan fingerprint density at radius 1 is 1.36 bits per heavy atom. The third-order valence-corrected chi connectivity index (χ3v) is 3.42. The first kappa shape index (κ1) is 18.4. The lowest BCUT2D eigenvalue weighted by Crippen LogP contribution is -2.19. The van der Waals surface area contributed by atoms with Gasteiger partial charge >= 0.3 is 0 Å². The van der Waals surface area contributed by atoms with Gasteiger partial charge in [-0.05, 0) is 43.6 Å². The van der Waals surface area contributed by atoms with Crippen LogP contribution in [0.4, 0.5) is 5.69 Å². The number of carbonyl (C=O) groups is 1. The largest absolute Gasteiger partial charge is 0.323 e. The molecular weight excluding hydrogens is 325 g/mol. The van der Waals surface area contributed by atoms with E-state index >= 15 is 0 Å². The van der Waals surface area contributed by atoms with Crippen molar-refractivity contribution in [2.24, 2.45) is 5.92 Å². The van der Waals surface area contributed by atoms with Crippen LogP contribution in [-0.4, -0.2) is 33.8 Å². The van der Waals surface area contributed by atoms with Crippen LogP contribution in [0.25, 0.3) is 5.82 Å². The molecule has 120 valence electrons. The van der Waals surface area contributed by atoms with Gasteiger partial charge in [0.15, 0.2) is 5.82 Å². The lowest BCUT2D eigenvalue weighted by atomic mass is 10.0. The number of anilines is 1. The fraction of sp³-hybridized carbons (Fsp3) is 0.357. The van der Waals surface area contributed by atoms with Crippen molar-refractivity contribution in [2.45, 2.75) is 12.8 Å². The number of carbonyl (C=O) groups excluding carboxylic acids is 1. The van der Waals surface area contributed by atoms with Crippen LogP contribution in [0, 0.1) is 5.92 Å². The smallest absolute Gasteiger partial charge is 0.224 e. The fourth-order valence-corrected chi connectivity index (χ4v) is 2.42. The van der Waals surface area contributed by atoms with Crippen molar-refractivity contribution in [3.05, 3.63) is 36.8 Å². The number of pyridine rings is 1. The van der Waals surface area contributed by atoms with Crippen molar-refractivity contribution in [1.29, 1.82) is 0 Å². The van der Waals surface area contributed by atoms with E-state index in [1.165, 1.54) is 0 Å². The first-order valence-corrected chi connectivity index (χ1v) is 6.78. The van der Waals surface area contributed by atoms with Gasteiger partial charge in [0, 0.05) is 25.0 Å². The SMILES string of the molecule is Cl.Cl.O=C(CC1CCNC1)Nc1cccnc1-n1cccn1. The highest BCUT2D eigenvalue weighted by molar-refractivity contribution is 5.92. The molecule has 1 aliphatic heterocycles. The van der Waals surface area contributed by atoms with Gasteiger partial charge in [0.2, 0.25) is 5.91 Å². The minimum absolute atomic E-state index is 0. The number of rotatable bonds is 4. The molecule has 1 atom stereocenters. The molecule has 1 aliphatic rings. The van der Waals surface area contributed by atoms with Gasteiger partial charge in [-0.3, -0.25) is 4.79 Å². The van der Waals surface area contributed by atoms with Crippen molar-refractivity contribution in [2.75, 3.05) is 18.4 Å². The van der Waals surface area contributed by atoms with E-state index in [1.54, 1.807) is 29.3 Å². The van der Waals surface area contributed by atoms with Crippen molar-refractivity contribution in [1.82, 2.24) is 20.1 Å². The number of nitrogens with one attached hydrogen (secondary N) is 2. The van der Waals surface area contributed by atoms with E-state index in [9.17, 15) is 4.79 Å². The molecule has 0 saturated carbocycles. The van der Waals surface area contributed by atoms with Gasteiger partial charge in [-0.25, -0.2) is 9.67 Å². The molecule has 3 rings (SSSR count). The summed E-state index contributed by atoms with van der Waals surface area (Å²) in [5.74, 6) is 1.09. The Kier molecular flexibility index (Phi) is 7.31. The Balaban J connectivity index is 0.00000121. The Morgan fingerprint density at radius 2 is 2.23 bits per heavy atom. The molecule has 2 aromatic rings. The predicted molar refractivity (Wildman–Crippen MR) is 90.1 cm³/mol. The average molecular weight is 344 g/mol. The quantitative estimate of drug-likeness (QED) is 0.891. The van der Waals surface area contributed by atoms with Crippen LogP contribution in [0.2, 0.25) is 0 Å². The summed E-state index contributed by atoms with van der Waals surface area (Å²) >= 11 is 0. The van der Waals surface area contributed by atoms with Crippen molar-refractivity contribution < 1.29 is 4.79 Å². The summed E-state index contributed by atoms with van der Waals surface area (Å²) < 4.78 is 1.65. The zero-order valence-electron chi connectivity index (χ0n) is 11.9. The topological polar surface area (TPSA) is 71.8 Å². The van der Waals surface area contributed by atoms with Gasteiger partial charge in [0.1, 0.15) is 0 Å². The predicted octanol–water partition coefficient (Wildman–Crippen LogP) is 2.05. The van der Waals surface area contributed by atoms with E-state index in [0.717, 1.165) is 19.5 Å². The van der Waals surface area contributed by atoms with Crippen molar-refractivity contribution in [3.8, 4) is 5.82 Å². The van der Waals surface area contributed by atoms with Crippen molar-refractivity contribution >= 4 is 36.4 Å². The van der Waals surface area contributed by atoms with E-state index in [0.29, 0.717) is 23.8 Å². The number of nitrogens with zero attached hydrogens (tertiary/aromatic N) is 3. The van der Waals surface area contributed by atoms with E-state index < -0.39 is 0 Å². The maximum atomic E-state index is 12.1. The molecule has 6 nitrogen and oxygen atoms in total. The second kappa shape index (κ2) is 8.73. The molecule has 1 amide bonds. The lowest BCUT2D eigenvalue weighted by molar-refractivity contribution is -0.116. The van der Waals surface area contributed by atoms with Gasteiger partial charge in [0.05, 0.1) is 5.69 Å². The Morgan fingerprint density at radius 3 is 2.91 bits per heavy atom. The number of halogens is 2. The maximum absolute atomic E-state index is 12.1. The van der Waals surface area contributed by atoms with Gasteiger partial charge in [0.25, 0.3) is 0 Å². The Labute approximate surface area is 141 Å². The zero-order valence-corrected chi connectivity index (χ0v) is 13.6. The number of hydrogen-bond acceptors (Lipinski definition) is 4. The molecule has 22 heavy (non-hydrogen) atoms. The van der Waals surface area contributed by atoms with Crippen LogP contribution >= 0.6 is 24.8 Å². The van der Waals surface area contributed by atoms with E-state index in [1.807, 2.05) is 12.1 Å². The van der Waals surface area contributed by atoms with E-state index in [-0.39, 0.29) is 30.7 Å². The number of hydrogen-bond donors (Lipinski definition) is 2. The third kappa shape index (κ3) is 4.43. The molecule has 0 radical (unpaired) electrons. The van der Waals surface area contributed by atoms with Crippen LogP contribution in [-0.2, 0) is 4.79 Å². The molecular formula is C14H19Cl2N5O. The molecule has 1 fully saturated rings. The van der Waals surface area contributed by atoms with Gasteiger partial charge in [-0.1, -0.05) is 0 Å². The highest BCUT2D eigenvalue weighted by Gasteiger charge is 2.19. The molecule has 0 aromatic carbocycles. The van der Waals surface area contributed by atoms with Gasteiger partial charge < -0.3 is 10.6 Å². The Bertz CT molecular complexity index is 585. The van der Waals surface area contributed by atoms with Gasteiger partial charge in [-0.15, -0.1) is 24.8 Å². The molecule has 1 saturated heterocycles. The first-order valence-electron chi connectivity index (χ1n) is 6.78. The first-order chi connectivity index (χ1) is 9.83. The average Bonchev–Trinajstić information content (AvgIpc) is 3.11. The molecule has 3 heterocycles. The van der Waals surface area contributed by atoms with Gasteiger partial charge in [-0.2, -0.15) is 5.10 Å². The summed E-state index contributed by atoms with van der Waals surface area (Å²) in [6, 6.07) is 5.47. The van der Waals surface area contributed by atoms with Crippen LogP contribution in [0.3, 0.4) is 0 Å². The molecule has 2 aromatic heterocycles. The standard InChI is InChI=1S/C14H17N5O.2ClH/c20-13(9-11-4-7-15-10-11)18-12-3-1-5-16-14(12)19-8-2-6-17-19;;/h1-3,5-6,8,11,15H,4,7,9-10H2,(H,18,20);2*1H. The lowest BCUT2D eigenvalue weighted by Gasteiger charge is -2.12. The van der Waals surface area contributed by atoms with Crippen LogP contribution in [0.15, 0.2) is 36.8 Å². The summed E-state index contributed by atoms with van der Waals surface area (Å²) in [4.78, 5) is 16.4. The summed E-state index contributed by atoms with van der Waals surface area (Å²) in [5, 5.41) is 10.4. The van der Waals surface area contributed by atoms with E-state index in [4.69, 9.17) is 0 Å².